The number of hydrogen-bond donors (Lipinski definition) is 1. The van der Waals surface area contributed by atoms with Gasteiger partial charge in [0.05, 0.1) is 0 Å². The van der Waals surface area contributed by atoms with E-state index in [2.05, 4.69) is 69.4 Å². The molecule has 2 aromatic carbocycles. The van der Waals surface area contributed by atoms with Crippen LogP contribution in [0.2, 0.25) is 0 Å². The smallest absolute Gasteiger partial charge is 0.243 e. The van der Waals surface area contributed by atoms with Crippen LogP contribution in [0.25, 0.3) is 0 Å². The van der Waals surface area contributed by atoms with E-state index in [0.29, 0.717) is 25.8 Å². The molecule has 0 bridgehead atoms. The molecule has 0 spiro atoms. The Hall–Kier alpha value is -2.62. The molecule has 1 aliphatic rings. The Morgan fingerprint density at radius 1 is 1.00 bits per heavy atom. The fraction of sp³-hybridized carbons (Fsp3) is 0.548. The van der Waals surface area contributed by atoms with Crippen LogP contribution in [0.3, 0.4) is 0 Å². The summed E-state index contributed by atoms with van der Waals surface area (Å²) in [7, 11) is 0. The van der Waals surface area contributed by atoms with Gasteiger partial charge < -0.3 is 10.2 Å². The topological polar surface area (TPSA) is 49.4 Å². The van der Waals surface area contributed by atoms with Crippen molar-refractivity contribution >= 4 is 11.8 Å². The second kappa shape index (κ2) is 12.4. The Morgan fingerprint density at radius 2 is 1.69 bits per heavy atom. The summed E-state index contributed by atoms with van der Waals surface area (Å²) in [5.74, 6) is 0.0342. The second-order valence-electron chi connectivity index (χ2n) is 11.2. The van der Waals surface area contributed by atoms with E-state index >= 15 is 0 Å². The molecule has 0 aromatic heterocycles. The highest BCUT2D eigenvalue weighted by molar-refractivity contribution is 5.88. The first-order valence-corrected chi connectivity index (χ1v) is 13.4. The third kappa shape index (κ3) is 7.95. The van der Waals surface area contributed by atoms with Gasteiger partial charge in [-0.15, -0.1) is 0 Å². The van der Waals surface area contributed by atoms with Gasteiger partial charge in [0.15, 0.2) is 0 Å². The second-order valence-corrected chi connectivity index (χ2v) is 11.2. The Bertz CT molecular complexity index is 968. The van der Waals surface area contributed by atoms with Crippen molar-refractivity contribution in [2.75, 3.05) is 0 Å². The van der Waals surface area contributed by atoms with Crippen molar-refractivity contribution < 1.29 is 9.59 Å². The minimum atomic E-state index is -0.451. The predicted octanol–water partition coefficient (Wildman–Crippen LogP) is 6.48. The number of rotatable bonds is 9. The highest BCUT2D eigenvalue weighted by Crippen LogP contribution is 2.23. The monoisotopic (exact) mass is 476 g/mol. The van der Waals surface area contributed by atoms with Crippen LogP contribution in [0.15, 0.2) is 48.5 Å². The summed E-state index contributed by atoms with van der Waals surface area (Å²) in [6.07, 6.45) is 7.34. The van der Waals surface area contributed by atoms with Crippen molar-refractivity contribution in [2.24, 2.45) is 0 Å². The molecule has 0 unspecified atom stereocenters. The van der Waals surface area contributed by atoms with Gasteiger partial charge in [-0.3, -0.25) is 9.59 Å². The standard InChI is InChI=1S/C31H44N2O2/c1-6-28(30(35)32-27-13-8-7-9-14-27)33(22-25-12-10-11-23(2)21-25)29(34)20-17-24-15-18-26(19-16-24)31(3,4)5/h10-12,15-16,18-19,21,27-28H,6-9,13-14,17,20,22H2,1-5H3,(H,32,35)/t28-/m1/s1. The lowest BCUT2D eigenvalue weighted by Crippen LogP contribution is -2.51. The molecular weight excluding hydrogens is 432 g/mol. The van der Waals surface area contributed by atoms with Crippen molar-refractivity contribution in [1.29, 1.82) is 0 Å². The normalized spacial score (nSPS) is 15.5. The molecule has 1 fully saturated rings. The quantitative estimate of drug-likeness (QED) is 0.450. The summed E-state index contributed by atoms with van der Waals surface area (Å²) in [6, 6.07) is 16.6. The molecule has 1 N–H and O–H groups in total. The maximum absolute atomic E-state index is 13.6. The fourth-order valence-electron chi connectivity index (χ4n) is 5.04. The van der Waals surface area contributed by atoms with E-state index in [1.807, 2.05) is 24.0 Å². The molecule has 0 aliphatic heterocycles. The van der Waals surface area contributed by atoms with Crippen molar-refractivity contribution in [3.8, 4) is 0 Å². The van der Waals surface area contributed by atoms with Gasteiger partial charge in [0.2, 0.25) is 11.8 Å². The van der Waals surface area contributed by atoms with Crippen LogP contribution in [-0.4, -0.2) is 28.8 Å². The molecule has 4 nitrogen and oxygen atoms in total. The van der Waals surface area contributed by atoms with E-state index in [9.17, 15) is 9.59 Å². The van der Waals surface area contributed by atoms with Gasteiger partial charge in [-0.2, -0.15) is 0 Å². The molecule has 190 valence electrons. The third-order valence-electron chi connectivity index (χ3n) is 7.22. The van der Waals surface area contributed by atoms with Crippen molar-refractivity contribution in [2.45, 2.75) is 110 Å². The molecule has 1 aliphatic carbocycles. The number of carbonyl (C=O) groups excluding carboxylic acids is 2. The first-order valence-electron chi connectivity index (χ1n) is 13.4. The largest absolute Gasteiger partial charge is 0.352 e. The summed E-state index contributed by atoms with van der Waals surface area (Å²) < 4.78 is 0. The Morgan fingerprint density at radius 3 is 2.29 bits per heavy atom. The van der Waals surface area contributed by atoms with Gasteiger partial charge in [-0.05, 0) is 54.7 Å². The van der Waals surface area contributed by atoms with Crippen molar-refractivity contribution in [3.05, 3.63) is 70.8 Å². The first kappa shape index (κ1) is 27.0. The zero-order valence-corrected chi connectivity index (χ0v) is 22.4. The van der Waals surface area contributed by atoms with Gasteiger partial charge in [0.25, 0.3) is 0 Å². The van der Waals surface area contributed by atoms with E-state index in [1.165, 1.54) is 24.8 Å². The number of hydrogen-bond acceptors (Lipinski definition) is 2. The van der Waals surface area contributed by atoms with Crippen LogP contribution in [0.5, 0.6) is 0 Å². The Balaban J connectivity index is 1.74. The average Bonchev–Trinajstić information content (AvgIpc) is 2.83. The molecule has 0 saturated heterocycles. The van der Waals surface area contributed by atoms with Gasteiger partial charge in [-0.25, -0.2) is 0 Å². The molecule has 2 aromatic rings. The lowest BCUT2D eigenvalue weighted by Gasteiger charge is -2.33. The number of aryl methyl sites for hydroxylation is 2. The molecule has 3 rings (SSSR count). The van der Waals surface area contributed by atoms with E-state index in [1.54, 1.807) is 0 Å². The molecular formula is C31H44N2O2. The van der Waals surface area contributed by atoms with Crippen molar-refractivity contribution in [1.82, 2.24) is 10.2 Å². The molecule has 0 heterocycles. The lowest BCUT2D eigenvalue weighted by molar-refractivity contribution is -0.141. The number of carbonyl (C=O) groups is 2. The van der Waals surface area contributed by atoms with Crippen LogP contribution in [0, 0.1) is 6.92 Å². The number of nitrogens with one attached hydrogen (secondary N) is 1. The SMILES string of the molecule is CC[C@H](C(=O)NC1CCCCC1)N(Cc1cccc(C)c1)C(=O)CCc1ccc(C(C)(C)C)cc1. The molecule has 0 radical (unpaired) electrons. The van der Waals surface area contributed by atoms with Gasteiger partial charge >= 0.3 is 0 Å². The van der Waals surface area contributed by atoms with E-state index in [0.717, 1.165) is 29.5 Å². The summed E-state index contributed by atoms with van der Waals surface area (Å²) in [6.45, 7) is 11.1. The summed E-state index contributed by atoms with van der Waals surface area (Å²) >= 11 is 0. The minimum Gasteiger partial charge on any atom is -0.352 e. The Labute approximate surface area is 212 Å². The zero-order valence-electron chi connectivity index (χ0n) is 22.4. The maximum atomic E-state index is 13.6. The average molecular weight is 477 g/mol. The van der Waals surface area contributed by atoms with E-state index < -0.39 is 6.04 Å². The summed E-state index contributed by atoms with van der Waals surface area (Å²) in [5.41, 5.74) is 4.78. The lowest BCUT2D eigenvalue weighted by atomic mass is 9.86. The zero-order chi connectivity index (χ0) is 25.4. The van der Waals surface area contributed by atoms with E-state index in [4.69, 9.17) is 0 Å². The predicted molar refractivity (Wildman–Crippen MR) is 144 cm³/mol. The Kier molecular flexibility index (Phi) is 9.54. The number of benzene rings is 2. The van der Waals surface area contributed by atoms with Crippen LogP contribution in [0.1, 0.15) is 94.9 Å². The fourth-order valence-corrected chi connectivity index (χ4v) is 5.04. The highest BCUT2D eigenvalue weighted by atomic mass is 16.2. The molecule has 4 heteroatoms. The number of nitrogens with zero attached hydrogens (tertiary/aromatic N) is 1. The van der Waals surface area contributed by atoms with Crippen LogP contribution in [-0.2, 0) is 28.0 Å². The van der Waals surface area contributed by atoms with Crippen LogP contribution >= 0.6 is 0 Å². The van der Waals surface area contributed by atoms with Gasteiger partial charge in [-0.1, -0.05) is 101 Å². The number of amides is 2. The van der Waals surface area contributed by atoms with Crippen LogP contribution in [0.4, 0.5) is 0 Å². The molecule has 35 heavy (non-hydrogen) atoms. The molecule has 1 saturated carbocycles. The third-order valence-corrected chi connectivity index (χ3v) is 7.22. The van der Waals surface area contributed by atoms with Crippen LogP contribution < -0.4 is 5.32 Å². The molecule has 1 atom stereocenters. The van der Waals surface area contributed by atoms with Crippen molar-refractivity contribution in [3.63, 3.8) is 0 Å². The van der Waals surface area contributed by atoms with Gasteiger partial charge in [0.1, 0.15) is 6.04 Å². The van der Waals surface area contributed by atoms with Gasteiger partial charge in [0, 0.05) is 19.0 Å². The minimum absolute atomic E-state index is 0.00469. The van der Waals surface area contributed by atoms with E-state index in [-0.39, 0.29) is 23.3 Å². The maximum Gasteiger partial charge on any atom is 0.243 e. The molecule has 2 amide bonds. The first-order chi connectivity index (χ1) is 16.7. The highest BCUT2D eigenvalue weighted by Gasteiger charge is 2.30. The summed E-state index contributed by atoms with van der Waals surface area (Å²) in [5, 5.41) is 3.26. The summed E-state index contributed by atoms with van der Waals surface area (Å²) in [4.78, 5) is 28.7.